The topological polar surface area (TPSA) is 76.1 Å². The second-order valence-corrected chi connectivity index (χ2v) is 6.35. The molecule has 24 heavy (non-hydrogen) atoms. The number of hydrogen-bond acceptors (Lipinski definition) is 4. The van der Waals surface area contributed by atoms with Crippen LogP contribution in [0.1, 0.15) is 35.2 Å². The van der Waals surface area contributed by atoms with E-state index in [1.807, 2.05) is 18.2 Å². The van der Waals surface area contributed by atoms with Gasteiger partial charge >= 0.3 is 5.97 Å². The number of aliphatic carboxylic acids is 1. The van der Waals surface area contributed by atoms with Crippen LogP contribution in [0.3, 0.4) is 0 Å². The molecule has 1 N–H and O–H groups in total. The van der Waals surface area contributed by atoms with Gasteiger partial charge in [0.25, 0.3) is 5.91 Å². The zero-order chi connectivity index (χ0) is 16.9. The van der Waals surface area contributed by atoms with E-state index in [1.54, 1.807) is 11.0 Å². The minimum atomic E-state index is -0.832. The molecule has 2 aliphatic rings. The molecule has 6 heteroatoms. The smallest absolute Gasteiger partial charge is 0.308 e. The van der Waals surface area contributed by atoms with E-state index in [2.05, 4.69) is 0 Å². The van der Waals surface area contributed by atoms with Crippen molar-refractivity contribution < 1.29 is 24.2 Å². The lowest BCUT2D eigenvalue weighted by molar-refractivity contribution is -0.141. The molecule has 2 saturated heterocycles. The fraction of sp³-hybridized carbons (Fsp3) is 0.556. The number of carboxylic acids is 1. The van der Waals surface area contributed by atoms with Crippen LogP contribution >= 0.6 is 0 Å². The lowest BCUT2D eigenvalue weighted by Gasteiger charge is -2.23. The van der Waals surface area contributed by atoms with Crippen molar-refractivity contribution in [2.24, 2.45) is 5.92 Å². The molecule has 2 heterocycles. The third-order valence-corrected chi connectivity index (χ3v) is 4.72. The molecule has 0 bridgehead atoms. The third-order valence-electron chi connectivity index (χ3n) is 4.72. The highest BCUT2D eigenvalue weighted by Crippen LogP contribution is 2.22. The van der Waals surface area contributed by atoms with Gasteiger partial charge in [-0.15, -0.1) is 0 Å². The number of nitrogens with zero attached hydrogens (tertiary/aromatic N) is 1. The van der Waals surface area contributed by atoms with E-state index in [-0.39, 0.29) is 18.6 Å². The van der Waals surface area contributed by atoms with Crippen molar-refractivity contribution in [2.45, 2.75) is 32.0 Å². The molecule has 6 nitrogen and oxygen atoms in total. The van der Waals surface area contributed by atoms with Gasteiger partial charge in [0.2, 0.25) is 0 Å². The fourth-order valence-corrected chi connectivity index (χ4v) is 3.22. The van der Waals surface area contributed by atoms with Gasteiger partial charge in [0, 0.05) is 31.9 Å². The normalized spacial score (nSPS) is 21.8. The van der Waals surface area contributed by atoms with Crippen molar-refractivity contribution in [3.8, 4) is 0 Å². The summed E-state index contributed by atoms with van der Waals surface area (Å²) < 4.78 is 11.3. The molecule has 1 aromatic rings. The number of carbonyl (C=O) groups excluding carboxylic acids is 1. The highest BCUT2D eigenvalue weighted by Gasteiger charge is 2.32. The Hall–Kier alpha value is -1.92. The standard InChI is InChI=1S/C18H23NO5/c20-17(19-8-5-13(11-19)18(21)22)16-4-2-1-3-14(16)12-24-15-6-9-23-10-7-15/h1-4,13,15H,5-12H2,(H,21,22)/t13-/m1/s1. The quantitative estimate of drug-likeness (QED) is 0.891. The molecule has 0 radical (unpaired) electrons. The number of rotatable bonds is 5. The monoisotopic (exact) mass is 333 g/mol. The largest absolute Gasteiger partial charge is 0.481 e. The number of carbonyl (C=O) groups is 2. The van der Waals surface area contributed by atoms with Gasteiger partial charge in [0.15, 0.2) is 0 Å². The average Bonchev–Trinajstić information content (AvgIpc) is 3.11. The van der Waals surface area contributed by atoms with Gasteiger partial charge < -0.3 is 19.5 Å². The average molecular weight is 333 g/mol. The van der Waals surface area contributed by atoms with Crippen LogP contribution in [-0.4, -0.2) is 54.3 Å². The van der Waals surface area contributed by atoms with Gasteiger partial charge in [-0.25, -0.2) is 0 Å². The van der Waals surface area contributed by atoms with Crippen molar-refractivity contribution in [3.63, 3.8) is 0 Å². The summed E-state index contributed by atoms with van der Waals surface area (Å²) in [5.74, 6) is -1.40. The summed E-state index contributed by atoms with van der Waals surface area (Å²) in [5.41, 5.74) is 1.46. The molecular weight excluding hydrogens is 310 g/mol. The van der Waals surface area contributed by atoms with Crippen molar-refractivity contribution in [3.05, 3.63) is 35.4 Å². The minimum absolute atomic E-state index is 0.107. The van der Waals surface area contributed by atoms with Crippen LogP contribution in [0.4, 0.5) is 0 Å². The Labute approximate surface area is 141 Å². The van der Waals surface area contributed by atoms with E-state index in [0.717, 1.165) is 31.6 Å². The molecular formula is C18H23NO5. The molecule has 0 unspecified atom stereocenters. The summed E-state index contributed by atoms with van der Waals surface area (Å²) in [6.45, 7) is 2.60. The van der Waals surface area contributed by atoms with Gasteiger partial charge in [0.1, 0.15) is 0 Å². The second kappa shape index (κ2) is 7.77. The molecule has 0 spiro atoms. The Morgan fingerprint density at radius 3 is 2.67 bits per heavy atom. The third kappa shape index (κ3) is 3.94. The summed E-state index contributed by atoms with van der Waals surface area (Å²) in [6.07, 6.45) is 2.44. The highest BCUT2D eigenvalue weighted by atomic mass is 16.5. The predicted molar refractivity (Wildman–Crippen MR) is 86.7 cm³/mol. The van der Waals surface area contributed by atoms with Crippen molar-refractivity contribution in [1.29, 1.82) is 0 Å². The Kier molecular flexibility index (Phi) is 5.48. The lowest BCUT2D eigenvalue weighted by Crippen LogP contribution is -2.31. The van der Waals surface area contributed by atoms with Gasteiger partial charge in [-0.1, -0.05) is 18.2 Å². The second-order valence-electron chi connectivity index (χ2n) is 6.35. The van der Waals surface area contributed by atoms with Gasteiger partial charge in [-0.3, -0.25) is 9.59 Å². The molecule has 1 amide bonds. The molecule has 2 fully saturated rings. The molecule has 0 aromatic heterocycles. The van der Waals surface area contributed by atoms with Crippen molar-refractivity contribution in [2.75, 3.05) is 26.3 Å². The predicted octanol–water partition coefficient (Wildman–Crippen LogP) is 1.93. The number of ether oxygens (including phenoxy) is 2. The first-order chi connectivity index (χ1) is 11.6. The number of hydrogen-bond donors (Lipinski definition) is 1. The Bertz CT molecular complexity index is 597. The minimum Gasteiger partial charge on any atom is -0.481 e. The number of carboxylic acid groups (broad SMARTS) is 1. The van der Waals surface area contributed by atoms with E-state index in [0.29, 0.717) is 25.1 Å². The van der Waals surface area contributed by atoms with E-state index >= 15 is 0 Å². The summed E-state index contributed by atoms with van der Waals surface area (Å²) in [5, 5.41) is 9.10. The van der Waals surface area contributed by atoms with Gasteiger partial charge in [0.05, 0.1) is 18.6 Å². The zero-order valence-corrected chi connectivity index (χ0v) is 13.6. The molecule has 2 aliphatic heterocycles. The van der Waals surface area contributed by atoms with Crippen LogP contribution in [0.5, 0.6) is 0 Å². The molecule has 0 aliphatic carbocycles. The van der Waals surface area contributed by atoms with E-state index in [4.69, 9.17) is 14.6 Å². The zero-order valence-electron chi connectivity index (χ0n) is 13.6. The number of likely N-dealkylation sites (tertiary alicyclic amines) is 1. The first kappa shape index (κ1) is 16.9. The van der Waals surface area contributed by atoms with Crippen LogP contribution < -0.4 is 0 Å². The Morgan fingerprint density at radius 2 is 1.96 bits per heavy atom. The first-order valence-electron chi connectivity index (χ1n) is 8.44. The fourth-order valence-electron chi connectivity index (χ4n) is 3.22. The van der Waals surface area contributed by atoms with Gasteiger partial charge in [-0.2, -0.15) is 0 Å². The molecule has 3 rings (SSSR count). The highest BCUT2D eigenvalue weighted by molar-refractivity contribution is 5.96. The van der Waals surface area contributed by atoms with Crippen LogP contribution in [0.2, 0.25) is 0 Å². The number of benzene rings is 1. The Morgan fingerprint density at radius 1 is 1.21 bits per heavy atom. The molecule has 0 saturated carbocycles. The van der Waals surface area contributed by atoms with Gasteiger partial charge in [-0.05, 0) is 30.9 Å². The van der Waals surface area contributed by atoms with Crippen LogP contribution in [-0.2, 0) is 20.9 Å². The van der Waals surface area contributed by atoms with Crippen molar-refractivity contribution in [1.82, 2.24) is 4.90 Å². The van der Waals surface area contributed by atoms with E-state index in [1.165, 1.54) is 0 Å². The number of amides is 1. The van der Waals surface area contributed by atoms with E-state index in [9.17, 15) is 9.59 Å². The first-order valence-corrected chi connectivity index (χ1v) is 8.44. The van der Waals surface area contributed by atoms with Crippen LogP contribution in [0.25, 0.3) is 0 Å². The summed E-state index contributed by atoms with van der Waals surface area (Å²) in [6, 6.07) is 7.41. The van der Waals surface area contributed by atoms with Crippen LogP contribution in [0.15, 0.2) is 24.3 Å². The summed E-state index contributed by atoms with van der Waals surface area (Å²) in [4.78, 5) is 25.5. The molecule has 130 valence electrons. The summed E-state index contributed by atoms with van der Waals surface area (Å²) >= 11 is 0. The maximum Gasteiger partial charge on any atom is 0.308 e. The lowest BCUT2D eigenvalue weighted by atomic mass is 10.1. The SMILES string of the molecule is O=C(O)[C@@H]1CCN(C(=O)c2ccccc2COC2CCOCC2)C1. The molecule has 1 aromatic carbocycles. The van der Waals surface area contributed by atoms with Crippen molar-refractivity contribution >= 4 is 11.9 Å². The van der Waals surface area contributed by atoms with Crippen LogP contribution in [0, 0.1) is 5.92 Å². The van der Waals surface area contributed by atoms with E-state index < -0.39 is 11.9 Å². The maximum absolute atomic E-state index is 12.7. The Balaban J connectivity index is 1.65. The molecule has 1 atom stereocenters. The maximum atomic E-state index is 12.7. The summed E-state index contributed by atoms with van der Waals surface area (Å²) in [7, 11) is 0.